The molecule has 0 aliphatic rings. The molecule has 0 unspecified atom stereocenters. The van der Waals surface area contributed by atoms with E-state index in [1.54, 1.807) is 17.8 Å². The highest BCUT2D eigenvalue weighted by atomic mass is 32.2. The molecular weight excluding hydrogens is 467 g/mol. The smallest absolute Gasteiger partial charge is 0.208 e. The molecule has 0 N–H and O–H groups in total. The number of aromatic nitrogens is 4. The fourth-order valence-electron chi connectivity index (χ4n) is 4.26. The Balaban J connectivity index is 1.69. The number of alkyl halides is 1. The lowest BCUT2D eigenvalue weighted by Crippen LogP contribution is -2.30. The van der Waals surface area contributed by atoms with Crippen molar-refractivity contribution in [1.82, 2.24) is 19.6 Å². The van der Waals surface area contributed by atoms with Crippen LogP contribution in [-0.4, -0.2) is 45.3 Å². The molecule has 0 bridgehead atoms. The Labute approximate surface area is 208 Å². The molecule has 0 radical (unpaired) electrons. The van der Waals surface area contributed by atoms with Gasteiger partial charge in [-0.05, 0) is 42.9 Å². The van der Waals surface area contributed by atoms with Gasteiger partial charge in [0.05, 0.1) is 18.0 Å². The van der Waals surface area contributed by atoms with Gasteiger partial charge in [0.25, 0.3) is 0 Å². The average Bonchev–Trinajstić information content (AvgIpc) is 3.32. The lowest BCUT2D eigenvalue weighted by molar-refractivity contribution is 0.00832. The first-order valence-electron chi connectivity index (χ1n) is 11.2. The van der Waals surface area contributed by atoms with Gasteiger partial charge in [0.1, 0.15) is 11.2 Å². The number of rotatable bonds is 11. The van der Waals surface area contributed by atoms with E-state index in [9.17, 15) is 0 Å². The highest BCUT2D eigenvalue weighted by Gasteiger charge is 2.34. The Bertz CT molecular complexity index is 1190. The molecule has 3 atom stereocenters. The predicted molar refractivity (Wildman–Crippen MR) is 137 cm³/mol. The SMILES string of the molecule is CO[C@H](CCc1ccccc1)[C@@H](Cc1ccccc1)[C@@H](F)c1cnc2c(SC)nc(SC)nn12. The van der Waals surface area contributed by atoms with Gasteiger partial charge in [0, 0.05) is 13.0 Å². The van der Waals surface area contributed by atoms with Gasteiger partial charge in [-0.2, -0.15) is 0 Å². The van der Waals surface area contributed by atoms with Crippen molar-refractivity contribution in [2.24, 2.45) is 5.92 Å². The number of nitrogens with zero attached hydrogens (tertiary/aromatic N) is 4. The maximum absolute atomic E-state index is 16.5. The Kier molecular flexibility index (Phi) is 8.59. The van der Waals surface area contributed by atoms with Crippen LogP contribution in [0.15, 0.2) is 77.0 Å². The second kappa shape index (κ2) is 11.8. The molecule has 0 aliphatic heterocycles. The minimum absolute atomic E-state index is 0.275. The molecule has 0 saturated carbocycles. The summed E-state index contributed by atoms with van der Waals surface area (Å²) < 4.78 is 24.0. The molecule has 8 heteroatoms. The number of fused-ring (bicyclic) bond motifs is 1. The maximum Gasteiger partial charge on any atom is 0.208 e. The van der Waals surface area contributed by atoms with E-state index in [4.69, 9.17) is 4.74 Å². The first-order valence-corrected chi connectivity index (χ1v) is 13.7. The number of thioether (sulfide) groups is 2. The summed E-state index contributed by atoms with van der Waals surface area (Å²) in [4.78, 5) is 9.00. The van der Waals surface area contributed by atoms with E-state index < -0.39 is 12.1 Å². The zero-order valence-corrected chi connectivity index (χ0v) is 21.2. The molecule has 34 heavy (non-hydrogen) atoms. The summed E-state index contributed by atoms with van der Waals surface area (Å²) >= 11 is 2.92. The Morgan fingerprint density at radius 1 is 0.971 bits per heavy atom. The van der Waals surface area contributed by atoms with Crippen LogP contribution in [0.3, 0.4) is 0 Å². The molecule has 0 saturated heterocycles. The van der Waals surface area contributed by atoms with Gasteiger partial charge < -0.3 is 4.74 Å². The topological polar surface area (TPSA) is 52.3 Å². The molecule has 2 aromatic carbocycles. The Hall–Kier alpha value is -2.42. The summed E-state index contributed by atoms with van der Waals surface area (Å²) in [6.07, 6.45) is 5.96. The quantitative estimate of drug-likeness (QED) is 0.234. The molecule has 2 heterocycles. The van der Waals surface area contributed by atoms with Crippen LogP contribution in [0.1, 0.15) is 29.4 Å². The van der Waals surface area contributed by atoms with Crippen LogP contribution in [0.5, 0.6) is 0 Å². The minimum Gasteiger partial charge on any atom is -0.381 e. The normalized spacial score (nSPS) is 14.2. The predicted octanol–water partition coefficient (Wildman–Crippen LogP) is 6.09. The van der Waals surface area contributed by atoms with E-state index in [2.05, 4.69) is 27.2 Å². The molecule has 5 nitrogen and oxygen atoms in total. The van der Waals surface area contributed by atoms with Crippen LogP contribution in [0, 0.1) is 5.92 Å². The summed E-state index contributed by atoms with van der Waals surface area (Å²) in [5.74, 6) is -0.401. The number of aryl methyl sites for hydroxylation is 1. The van der Waals surface area contributed by atoms with Crippen LogP contribution in [0.25, 0.3) is 5.65 Å². The van der Waals surface area contributed by atoms with E-state index in [1.165, 1.54) is 29.1 Å². The van der Waals surface area contributed by atoms with Gasteiger partial charge in [-0.25, -0.2) is 18.9 Å². The van der Waals surface area contributed by atoms with E-state index >= 15 is 4.39 Å². The third-order valence-corrected chi connectivity index (χ3v) is 7.23. The second-order valence-corrected chi connectivity index (χ2v) is 9.65. The first kappa shape index (κ1) is 24.7. The van der Waals surface area contributed by atoms with E-state index in [-0.39, 0.29) is 6.10 Å². The summed E-state index contributed by atoms with van der Waals surface area (Å²) in [5, 5.41) is 5.90. The summed E-state index contributed by atoms with van der Waals surface area (Å²) in [6.45, 7) is 0. The van der Waals surface area contributed by atoms with Crippen molar-refractivity contribution < 1.29 is 9.13 Å². The fraction of sp³-hybridized carbons (Fsp3) is 0.346. The lowest BCUT2D eigenvalue weighted by atomic mass is 9.85. The number of hydrogen-bond acceptors (Lipinski definition) is 6. The van der Waals surface area contributed by atoms with Crippen LogP contribution in [0.4, 0.5) is 4.39 Å². The monoisotopic (exact) mass is 496 g/mol. The second-order valence-electron chi connectivity index (χ2n) is 8.08. The van der Waals surface area contributed by atoms with Crippen molar-refractivity contribution in [3.05, 3.63) is 83.7 Å². The van der Waals surface area contributed by atoms with Gasteiger partial charge in [-0.15, -0.1) is 16.9 Å². The number of hydrogen-bond donors (Lipinski definition) is 0. The first-order chi connectivity index (χ1) is 16.6. The molecule has 0 aliphatic carbocycles. The summed E-state index contributed by atoms with van der Waals surface area (Å²) in [5.41, 5.74) is 3.32. The number of methoxy groups -OCH3 is 1. The molecular formula is C26H29FN4OS2. The Morgan fingerprint density at radius 3 is 2.26 bits per heavy atom. The molecule has 4 rings (SSSR count). The van der Waals surface area contributed by atoms with Crippen LogP contribution >= 0.6 is 23.5 Å². The van der Waals surface area contributed by atoms with Crippen molar-refractivity contribution >= 4 is 29.2 Å². The third-order valence-electron chi connectivity index (χ3n) is 6.03. The van der Waals surface area contributed by atoms with Crippen LogP contribution in [-0.2, 0) is 17.6 Å². The number of imidazole rings is 1. The highest BCUT2D eigenvalue weighted by Crippen LogP contribution is 2.35. The average molecular weight is 497 g/mol. The van der Waals surface area contributed by atoms with Crippen LogP contribution < -0.4 is 0 Å². The Morgan fingerprint density at radius 2 is 1.65 bits per heavy atom. The standard InChI is InChI=1S/C26H29FN4OS2/c1-32-22(15-14-18-10-6-4-7-11-18)20(16-19-12-8-5-9-13-19)23(27)21-17-28-24-25(33-2)29-26(34-3)30-31(21)24/h4-13,17,20,22-23H,14-16H2,1-3H3/t20-,22-,23-/m1/s1. The highest BCUT2D eigenvalue weighted by molar-refractivity contribution is 7.99. The van der Waals surface area contributed by atoms with Crippen molar-refractivity contribution in [3.8, 4) is 0 Å². The third kappa shape index (κ3) is 5.62. The number of halogens is 1. The number of benzene rings is 2. The van der Waals surface area contributed by atoms with Gasteiger partial charge in [0.2, 0.25) is 5.16 Å². The summed E-state index contributed by atoms with van der Waals surface area (Å²) in [6, 6.07) is 20.3. The molecule has 2 aromatic heterocycles. The molecule has 178 valence electrons. The van der Waals surface area contributed by atoms with Crippen LogP contribution in [0.2, 0.25) is 0 Å². The van der Waals surface area contributed by atoms with Crippen molar-refractivity contribution in [1.29, 1.82) is 0 Å². The minimum atomic E-state index is -1.31. The molecule has 0 amide bonds. The van der Waals surface area contributed by atoms with Crippen molar-refractivity contribution in [2.75, 3.05) is 19.6 Å². The largest absolute Gasteiger partial charge is 0.381 e. The lowest BCUT2D eigenvalue weighted by Gasteiger charge is -2.29. The zero-order valence-electron chi connectivity index (χ0n) is 19.6. The van der Waals surface area contributed by atoms with E-state index in [0.717, 1.165) is 23.4 Å². The summed E-state index contributed by atoms with van der Waals surface area (Å²) in [7, 11) is 1.68. The van der Waals surface area contributed by atoms with Gasteiger partial charge >= 0.3 is 0 Å². The van der Waals surface area contributed by atoms with E-state index in [1.807, 2.05) is 61.0 Å². The van der Waals surface area contributed by atoms with E-state index in [0.29, 0.717) is 22.9 Å². The van der Waals surface area contributed by atoms with Gasteiger partial charge in [0.15, 0.2) is 5.65 Å². The fourth-order valence-corrected chi connectivity index (χ4v) is 5.16. The van der Waals surface area contributed by atoms with Gasteiger partial charge in [-0.3, -0.25) is 0 Å². The van der Waals surface area contributed by atoms with Gasteiger partial charge in [-0.1, -0.05) is 72.4 Å². The molecule has 4 aromatic rings. The molecule has 0 spiro atoms. The number of ether oxygens (including phenoxy) is 1. The van der Waals surface area contributed by atoms with Crippen molar-refractivity contribution in [2.45, 2.75) is 41.7 Å². The molecule has 0 fully saturated rings. The van der Waals surface area contributed by atoms with Crippen molar-refractivity contribution in [3.63, 3.8) is 0 Å². The maximum atomic E-state index is 16.5. The zero-order chi connectivity index (χ0) is 23.9.